The Kier molecular flexibility index (Phi) is 5.43. The van der Waals surface area contributed by atoms with Crippen LogP contribution in [0.2, 0.25) is 10.0 Å². The van der Waals surface area contributed by atoms with E-state index in [4.69, 9.17) is 28.3 Å². The Bertz CT molecular complexity index is 630. The first kappa shape index (κ1) is 17.2. The highest BCUT2D eigenvalue weighted by Crippen LogP contribution is 2.30. The van der Waals surface area contributed by atoms with Gasteiger partial charge in [0.2, 0.25) is 10.0 Å². The SMILES string of the molecule is CC(C)CN(C)C(=O)c1cc(Cl)c(Cl)c(S(N)(=O)=O)c1. The number of nitrogens with zero attached hydrogens (tertiary/aromatic N) is 1. The van der Waals surface area contributed by atoms with Crippen molar-refractivity contribution in [3.8, 4) is 0 Å². The fourth-order valence-corrected chi connectivity index (χ4v) is 3.10. The number of benzene rings is 1. The average molecular weight is 339 g/mol. The van der Waals surface area contributed by atoms with Crippen LogP contribution >= 0.6 is 23.2 Å². The third kappa shape index (κ3) is 4.09. The highest BCUT2D eigenvalue weighted by molar-refractivity contribution is 7.89. The molecule has 0 heterocycles. The summed E-state index contributed by atoms with van der Waals surface area (Å²) in [6.45, 7) is 4.46. The fourth-order valence-electron chi connectivity index (χ4n) is 1.75. The van der Waals surface area contributed by atoms with Gasteiger partial charge in [-0.15, -0.1) is 0 Å². The van der Waals surface area contributed by atoms with E-state index in [0.717, 1.165) is 6.07 Å². The molecule has 1 aromatic carbocycles. The van der Waals surface area contributed by atoms with Gasteiger partial charge in [-0.05, 0) is 18.1 Å². The van der Waals surface area contributed by atoms with Gasteiger partial charge in [-0.25, -0.2) is 13.6 Å². The first-order valence-corrected chi connectivity index (χ1v) is 8.11. The van der Waals surface area contributed by atoms with Crippen molar-refractivity contribution >= 4 is 39.1 Å². The Morgan fingerprint density at radius 2 is 1.90 bits per heavy atom. The van der Waals surface area contributed by atoms with Crippen LogP contribution in [0.15, 0.2) is 17.0 Å². The second-order valence-electron chi connectivity index (χ2n) is 4.89. The van der Waals surface area contributed by atoms with Gasteiger partial charge in [0, 0.05) is 19.2 Å². The van der Waals surface area contributed by atoms with Crippen molar-refractivity contribution in [2.75, 3.05) is 13.6 Å². The molecule has 0 aliphatic rings. The normalized spacial score (nSPS) is 11.8. The second kappa shape index (κ2) is 6.30. The maximum atomic E-state index is 12.2. The molecule has 0 aliphatic heterocycles. The zero-order valence-electron chi connectivity index (χ0n) is 11.4. The van der Waals surface area contributed by atoms with Crippen LogP contribution in [0.1, 0.15) is 24.2 Å². The molecule has 0 spiro atoms. The molecule has 1 aromatic rings. The molecule has 0 bridgehead atoms. The Labute approximate surface area is 128 Å². The molecule has 8 heteroatoms. The fraction of sp³-hybridized carbons (Fsp3) is 0.417. The zero-order valence-corrected chi connectivity index (χ0v) is 13.7. The number of hydrogen-bond donors (Lipinski definition) is 1. The molecular weight excluding hydrogens is 323 g/mol. The van der Waals surface area contributed by atoms with Crippen LogP contribution in [0.3, 0.4) is 0 Å². The zero-order chi connectivity index (χ0) is 15.7. The van der Waals surface area contributed by atoms with Crippen LogP contribution in [0.5, 0.6) is 0 Å². The van der Waals surface area contributed by atoms with Crippen molar-refractivity contribution in [3.63, 3.8) is 0 Å². The van der Waals surface area contributed by atoms with Crippen molar-refractivity contribution in [1.82, 2.24) is 4.90 Å². The van der Waals surface area contributed by atoms with E-state index in [0.29, 0.717) is 6.54 Å². The van der Waals surface area contributed by atoms with E-state index in [1.807, 2.05) is 13.8 Å². The van der Waals surface area contributed by atoms with E-state index in [-0.39, 0.29) is 32.3 Å². The lowest BCUT2D eigenvalue weighted by Crippen LogP contribution is -2.30. The summed E-state index contributed by atoms with van der Waals surface area (Å²) in [7, 11) is -2.42. The Balaban J connectivity index is 3.28. The first-order valence-electron chi connectivity index (χ1n) is 5.81. The topological polar surface area (TPSA) is 80.5 Å². The molecule has 1 amide bonds. The minimum Gasteiger partial charge on any atom is -0.341 e. The summed E-state index contributed by atoms with van der Waals surface area (Å²) in [5.74, 6) is -0.0633. The highest BCUT2D eigenvalue weighted by Gasteiger charge is 2.21. The second-order valence-corrected chi connectivity index (χ2v) is 7.21. The molecule has 0 fully saturated rings. The third-order valence-corrected chi connectivity index (χ3v) is 4.38. The standard InChI is InChI=1S/C12H16Cl2N2O3S/c1-7(2)6-16(3)12(17)8-4-9(13)11(14)10(5-8)20(15,18)19/h4-5,7H,6H2,1-3H3,(H2,15,18,19). The van der Waals surface area contributed by atoms with E-state index in [1.165, 1.54) is 11.0 Å². The van der Waals surface area contributed by atoms with E-state index >= 15 is 0 Å². The number of amides is 1. The number of halogens is 2. The van der Waals surface area contributed by atoms with Gasteiger partial charge in [0.1, 0.15) is 4.90 Å². The predicted octanol–water partition coefficient (Wildman–Crippen LogP) is 2.37. The number of rotatable bonds is 4. The maximum absolute atomic E-state index is 12.2. The lowest BCUT2D eigenvalue weighted by Gasteiger charge is -2.20. The van der Waals surface area contributed by atoms with E-state index < -0.39 is 10.0 Å². The summed E-state index contributed by atoms with van der Waals surface area (Å²) in [6, 6.07) is 2.47. The molecule has 2 N–H and O–H groups in total. The van der Waals surface area contributed by atoms with Gasteiger partial charge in [-0.3, -0.25) is 4.79 Å². The smallest absolute Gasteiger partial charge is 0.253 e. The largest absolute Gasteiger partial charge is 0.341 e. The quantitative estimate of drug-likeness (QED) is 0.914. The van der Waals surface area contributed by atoms with Gasteiger partial charge in [-0.2, -0.15) is 0 Å². The van der Waals surface area contributed by atoms with Crippen LogP contribution in [0, 0.1) is 5.92 Å². The molecule has 0 aliphatic carbocycles. The number of primary sulfonamides is 1. The molecule has 0 aromatic heterocycles. The summed E-state index contributed by atoms with van der Waals surface area (Å²) in [5, 5.41) is 4.85. The maximum Gasteiger partial charge on any atom is 0.253 e. The van der Waals surface area contributed by atoms with Gasteiger partial charge >= 0.3 is 0 Å². The lowest BCUT2D eigenvalue weighted by molar-refractivity contribution is 0.0779. The summed E-state index contributed by atoms with van der Waals surface area (Å²) < 4.78 is 22.9. The minimum atomic E-state index is -4.05. The van der Waals surface area contributed by atoms with Crippen LogP contribution in [-0.4, -0.2) is 32.8 Å². The Morgan fingerprint density at radius 3 is 2.35 bits per heavy atom. The van der Waals surface area contributed by atoms with Crippen LogP contribution in [-0.2, 0) is 10.0 Å². The molecule has 0 saturated heterocycles. The highest BCUT2D eigenvalue weighted by atomic mass is 35.5. The molecule has 0 atom stereocenters. The van der Waals surface area contributed by atoms with Gasteiger partial charge < -0.3 is 4.90 Å². The number of carbonyl (C=O) groups excluding carboxylic acids is 1. The summed E-state index contributed by atoms with van der Waals surface area (Å²) >= 11 is 11.7. The van der Waals surface area contributed by atoms with E-state index in [9.17, 15) is 13.2 Å². The molecule has 112 valence electrons. The van der Waals surface area contributed by atoms with Gasteiger partial charge in [0.25, 0.3) is 5.91 Å². The predicted molar refractivity (Wildman–Crippen MR) is 79.6 cm³/mol. The average Bonchev–Trinajstić information content (AvgIpc) is 2.29. The lowest BCUT2D eigenvalue weighted by atomic mass is 10.1. The van der Waals surface area contributed by atoms with Crippen LogP contribution in [0.4, 0.5) is 0 Å². The van der Waals surface area contributed by atoms with Crippen molar-refractivity contribution in [2.45, 2.75) is 18.7 Å². The van der Waals surface area contributed by atoms with Gasteiger partial charge in [0.05, 0.1) is 10.0 Å². The summed E-state index contributed by atoms with van der Waals surface area (Å²) in [6.07, 6.45) is 0. The molecule has 0 radical (unpaired) electrons. The number of hydrogen-bond acceptors (Lipinski definition) is 3. The first-order chi connectivity index (χ1) is 9.04. The van der Waals surface area contributed by atoms with Crippen molar-refractivity contribution in [2.24, 2.45) is 11.1 Å². The summed E-state index contributed by atoms with van der Waals surface area (Å²) in [4.78, 5) is 13.3. The van der Waals surface area contributed by atoms with Gasteiger partial charge in [-0.1, -0.05) is 37.0 Å². The molecule has 5 nitrogen and oxygen atoms in total. The van der Waals surface area contributed by atoms with Crippen LogP contribution < -0.4 is 5.14 Å². The van der Waals surface area contributed by atoms with Crippen LogP contribution in [0.25, 0.3) is 0 Å². The number of nitrogens with two attached hydrogens (primary N) is 1. The number of carbonyl (C=O) groups is 1. The Morgan fingerprint density at radius 1 is 1.35 bits per heavy atom. The molecule has 20 heavy (non-hydrogen) atoms. The molecule has 1 rings (SSSR count). The molecule has 0 unspecified atom stereocenters. The van der Waals surface area contributed by atoms with E-state index in [1.54, 1.807) is 7.05 Å². The molecule has 0 saturated carbocycles. The minimum absolute atomic E-state index is 0.0283. The monoisotopic (exact) mass is 338 g/mol. The number of sulfonamides is 1. The van der Waals surface area contributed by atoms with E-state index in [2.05, 4.69) is 0 Å². The van der Waals surface area contributed by atoms with Crippen molar-refractivity contribution < 1.29 is 13.2 Å². The van der Waals surface area contributed by atoms with Crippen molar-refractivity contribution in [1.29, 1.82) is 0 Å². The van der Waals surface area contributed by atoms with Crippen molar-refractivity contribution in [3.05, 3.63) is 27.7 Å². The van der Waals surface area contributed by atoms with Gasteiger partial charge in [0.15, 0.2) is 0 Å². The summed E-state index contributed by atoms with van der Waals surface area (Å²) in [5.41, 5.74) is 0.131. The third-order valence-electron chi connectivity index (χ3n) is 2.53. The molecular formula is C12H16Cl2N2O3S. The Hall–Kier alpha value is -0.820.